The highest BCUT2D eigenvalue weighted by atomic mass is 15.3. The van der Waals surface area contributed by atoms with E-state index >= 15 is 0 Å². The predicted octanol–water partition coefficient (Wildman–Crippen LogP) is 1.95. The van der Waals surface area contributed by atoms with Crippen LogP contribution in [0.15, 0.2) is 30.3 Å². The van der Waals surface area contributed by atoms with E-state index in [1.54, 1.807) is 0 Å². The van der Waals surface area contributed by atoms with Crippen LogP contribution in [0.1, 0.15) is 19.8 Å². The Bertz CT molecular complexity index is 390. The summed E-state index contributed by atoms with van der Waals surface area (Å²) in [6, 6.07) is 10.8. The zero-order chi connectivity index (χ0) is 13.1. The minimum atomic E-state index is 0.356. The van der Waals surface area contributed by atoms with Gasteiger partial charge < -0.3 is 10.2 Å². The zero-order valence-corrected chi connectivity index (χ0v) is 11.9. The largest absolute Gasteiger partial charge is 0.369 e. The lowest BCUT2D eigenvalue weighted by Crippen LogP contribution is -2.54. The molecule has 0 radical (unpaired) electrons. The number of hydrogen-bond acceptors (Lipinski definition) is 3. The van der Waals surface area contributed by atoms with E-state index in [2.05, 4.69) is 52.4 Å². The van der Waals surface area contributed by atoms with Gasteiger partial charge in [0.05, 0.1) is 0 Å². The lowest BCUT2D eigenvalue weighted by Gasteiger charge is -2.39. The molecule has 0 spiro atoms. The fourth-order valence-electron chi connectivity index (χ4n) is 3.39. The molecule has 2 aliphatic heterocycles. The van der Waals surface area contributed by atoms with Crippen molar-refractivity contribution in [2.75, 3.05) is 44.2 Å². The van der Waals surface area contributed by atoms with Crippen LogP contribution in [0, 0.1) is 0 Å². The Balaban J connectivity index is 1.52. The molecule has 2 heterocycles. The van der Waals surface area contributed by atoms with Crippen LogP contribution in [0.2, 0.25) is 0 Å². The molecule has 1 N–H and O–H groups in total. The first-order chi connectivity index (χ1) is 9.25. The van der Waals surface area contributed by atoms with E-state index in [9.17, 15) is 0 Å². The Labute approximate surface area is 116 Å². The number of hydrogen-bond donors (Lipinski definition) is 1. The molecule has 3 rings (SSSR count). The summed E-state index contributed by atoms with van der Waals surface area (Å²) in [5.74, 6) is 0. The summed E-state index contributed by atoms with van der Waals surface area (Å²) in [6.45, 7) is 9.46. The number of nitrogens with one attached hydrogen (secondary N) is 1. The first kappa shape index (κ1) is 12.9. The van der Waals surface area contributed by atoms with Crippen molar-refractivity contribution in [1.82, 2.24) is 10.2 Å². The highest BCUT2D eigenvalue weighted by Crippen LogP contribution is 2.21. The third kappa shape index (κ3) is 3.10. The van der Waals surface area contributed by atoms with Gasteiger partial charge in [0, 0.05) is 44.0 Å². The maximum Gasteiger partial charge on any atom is 0.0367 e. The third-order valence-electron chi connectivity index (χ3n) is 4.52. The summed E-state index contributed by atoms with van der Waals surface area (Å²) in [4.78, 5) is 5.12. The lowest BCUT2D eigenvalue weighted by atomic mass is 9.99. The Kier molecular flexibility index (Phi) is 3.76. The molecule has 0 bridgehead atoms. The van der Waals surface area contributed by atoms with Crippen molar-refractivity contribution in [3.63, 3.8) is 0 Å². The summed E-state index contributed by atoms with van der Waals surface area (Å²) >= 11 is 0. The predicted molar refractivity (Wildman–Crippen MR) is 80.7 cm³/mol. The minimum absolute atomic E-state index is 0.356. The van der Waals surface area contributed by atoms with Crippen LogP contribution in [0.3, 0.4) is 0 Å². The summed E-state index contributed by atoms with van der Waals surface area (Å²) < 4.78 is 0. The number of para-hydroxylation sites is 1. The fourth-order valence-corrected chi connectivity index (χ4v) is 3.39. The normalized spacial score (nSPS) is 28.8. The topological polar surface area (TPSA) is 18.5 Å². The van der Waals surface area contributed by atoms with Crippen molar-refractivity contribution < 1.29 is 0 Å². The molecule has 1 aromatic rings. The van der Waals surface area contributed by atoms with Crippen molar-refractivity contribution in [2.45, 2.75) is 25.3 Å². The maximum atomic E-state index is 3.67. The standard InChI is InChI=1S/C16H25N3/c1-16(8-5-9-17-16)14-18-10-12-19(13-11-18)15-6-3-2-4-7-15/h2-4,6-7,17H,5,8-14H2,1H3. The van der Waals surface area contributed by atoms with E-state index in [1.807, 2.05) is 0 Å². The summed E-state index contributed by atoms with van der Waals surface area (Å²) in [5.41, 5.74) is 1.72. The molecule has 0 saturated carbocycles. The second-order valence-electron chi connectivity index (χ2n) is 6.19. The second kappa shape index (κ2) is 5.51. The molecule has 104 valence electrons. The van der Waals surface area contributed by atoms with Gasteiger partial charge in [-0.15, -0.1) is 0 Å². The molecule has 2 aliphatic rings. The van der Waals surface area contributed by atoms with E-state index < -0.39 is 0 Å². The van der Waals surface area contributed by atoms with Gasteiger partial charge in [-0.1, -0.05) is 18.2 Å². The van der Waals surface area contributed by atoms with E-state index in [0.717, 1.165) is 13.1 Å². The maximum absolute atomic E-state index is 3.67. The molecular formula is C16H25N3. The van der Waals surface area contributed by atoms with Gasteiger partial charge in [-0.3, -0.25) is 4.90 Å². The van der Waals surface area contributed by atoms with E-state index in [-0.39, 0.29) is 0 Å². The van der Waals surface area contributed by atoms with Gasteiger partial charge in [-0.05, 0) is 38.4 Å². The number of benzene rings is 1. The van der Waals surface area contributed by atoms with E-state index in [1.165, 1.54) is 44.7 Å². The molecule has 1 atom stereocenters. The molecule has 0 amide bonds. The van der Waals surface area contributed by atoms with Crippen LogP contribution < -0.4 is 10.2 Å². The monoisotopic (exact) mass is 259 g/mol. The van der Waals surface area contributed by atoms with Crippen LogP contribution in [-0.2, 0) is 0 Å². The first-order valence-electron chi connectivity index (χ1n) is 7.53. The molecule has 0 aliphatic carbocycles. The van der Waals surface area contributed by atoms with Crippen molar-refractivity contribution in [1.29, 1.82) is 0 Å². The smallest absolute Gasteiger partial charge is 0.0367 e. The zero-order valence-electron chi connectivity index (χ0n) is 11.9. The molecule has 3 heteroatoms. The molecule has 2 fully saturated rings. The minimum Gasteiger partial charge on any atom is -0.369 e. The molecule has 1 unspecified atom stereocenters. The lowest BCUT2D eigenvalue weighted by molar-refractivity contribution is 0.194. The fraction of sp³-hybridized carbons (Fsp3) is 0.625. The van der Waals surface area contributed by atoms with Crippen molar-refractivity contribution >= 4 is 5.69 Å². The SMILES string of the molecule is CC1(CN2CCN(c3ccccc3)CC2)CCCN1. The summed E-state index contributed by atoms with van der Waals surface area (Å²) in [5, 5.41) is 3.67. The Morgan fingerprint density at radius 3 is 2.47 bits per heavy atom. The van der Waals surface area contributed by atoms with Crippen LogP contribution in [0.25, 0.3) is 0 Å². The van der Waals surface area contributed by atoms with Gasteiger partial charge in [-0.2, -0.15) is 0 Å². The van der Waals surface area contributed by atoms with Gasteiger partial charge >= 0.3 is 0 Å². The van der Waals surface area contributed by atoms with Crippen LogP contribution in [0.5, 0.6) is 0 Å². The van der Waals surface area contributed by atoms with Gasteiger partial charge in [0.2, 0.25) is 0 Å². The van der Waals surface area contributed by atoms with Gasteiger partial charge in [0.1, 0.15) is 0 Å². The number of piperazine rings is 1. The van der Waals surface area contributed by atoms with E-state index in [4.69, 9.17) is 0 Å². The molecule has 3 nitrogen and oxygen atoms in total. The van der Waals surface area contributed by atoms with Crippen molar-refractivity contribution in [3.05, 3.63) is 30.3 Å². The van der Waals surface area contributed by atoms with Crippen LogP contribution in [-0.4, -0.2) is 49.7 Å². The van der Waals surface area contributed by atoms with Crippen LogP contribution >= 0.6 is 0 Å². The first-order valence-corrected chi connectivity index (χ1v) is 7.53. The highest BCUT2D eigenvalue weighted by Gasteiger charge is 2.31. The van der Waals surface area contributed by atoms with E-state index in [0.29, 0.717) is 5.54 Å². The number of rotatable bonds is 3. The third-order valence-corrected chi connectivity index (χ3v) is 4.52. The second-order valence-corrected chi connectivity index (χ2v) is 6.19. The van der Waals surface area contributed by atoms with Crippen molar-refractivity contribution in [2.24, 2.45) is 0 Å². The van der Waals surface area contributed by atoms with Gasteiger partial charge in [0.25, 0.3) is 0 Å². The van der Waals surface area contributed by atoms with Crippen molar-refractivity contribution in [3.8, 4) is 0 Å². The molecule has 1 aromatic carbocycles. The van der Waals surface area contributed by atoms with Gasteiger partial charge in [-0.25, -0.2) is 0 Å². The Hall–Kier alpha value is -1.06. The van der Waals surface area contributed by atoms with Crippen LogP contribution in [0.4, 0.5) is 5.69 Å². The average molecular weight is 259 g/mol. The molecule has 19 heavy (non-hydrogen) atoms. The quantitative estimate of drug-likeness (QED) is 0.895. The molecular weight excluding hydrogens is 234 g/mol. The Morgan fingerprint density at radius 2 is 1.84 bits per heavy atom. The summed E-state index contributed by atoms with van der Waals surface area (Å²) in [6.07, 6.45) is 2.66. The molecule has 2 saturated heterocycles. The van der Waals surface area contributed by atoms with Gasteiger partial charge in [0.15, 0.2) is 0 Å². The highest BCUT2D eigenvalue weighted by molar-refractivity contribution is 5.46. The Morgan fingerprint density at radius 1 is 1.11 bits per heavy atom. The summed E-state index contributed by atoms with van der Waals surface area (Å²) in [7, 11) is 0. The number of nitrogens with zero attached hydrogens (tertiary/aromatic N) is 2. The average Bonchev–Trinajstić information content (AvgIpc) is 2.87. The number of anilines is 1. The molecule has 0 aromatic heterocycles.